The molecule has 1 fully saturated rings. The van der Waals surface area contributed by atoms with Crippen LogP contribution in [0.25, 0.3) is 9.88 Å². The maximum atomic E-state index is 12.7. The highest BCUT2D eigenvalue weighted by atomic mass is 35.5. The molecule has 0 N–H and O–H groups in total. The second-order valence-electron chi connectivity index (χ2n) is 5.76. The molecule has 0 radical (unpaired) electrons. The fourth-order valence-corrected chi connectivity index (χ4v) is 4.79. The monoisotopic (exact) mass is 424 g/mol. The van der Waals surface area contributed by atoms with Crippen molar-refractivity contribution < 1.29 is 4.79 Å². The Morgan fingerprint density at radius 2 is 1.88 bits per heavy atom. The van der Waals surface area contributed by atoms with Crippen LogP contribution >= 0.6 is 45.9 Å². The zero-order valence-electron chi connectivity index (χ0n) is 13.6. The van der Waals surface area contributed by atoms with Crippen LogP contribution in [0.15, 0.2) is 35.8 Å². The van der Waals surface area contributed by atoms with Gasteiger partial charge in [0.05, 0.1) is 14.2 Å². The number of thiophene rings is 1. The van der Waals surface area contributed by atoms with Gasteiger partial charge in [-0.1, -0.05) is 23.2 Å². The minimum absolute atomic E-state index is 0.0288. The van der Waals surface area contributed by atoms with Gasteiger partial charge in [0.1, 0.15) is 16.5 Å². The van der Waals surface area contributed by atoms with Crippen molar-refractivity contribution in [1.29, 1.82) is 0 Å². The molecule has 0 atom stereocenters. The first-order chi connectivity index (χ1) is 12.6. The first kappa shape index (κ1) is 17.7. The van der Waals surface area contributed by atoms with E-state index in [1.165, 1.54) is 22.7 Å². The molecule has 4 rings (SSSR count). The van der Waals surface area contributed by atoms with Gasteiger partial charge in [0.15, 0.2) is 0 Å². The van der Waals surface area contributed by atoms with Crippen molar-refractivity contribution in [2.45, 2.75) is 0 Å². The van der Waals surface area contributed by atoms with Gasteiger partial charge in [-0.2, -0.15) is 0 Å². The van der Waals surface area contributed by atoms with E-state index in [1.54, 1.807) is 6.20 Å². The number of anilines is 1. The third-order valence-electron chi connectivity index (χ3n) is 4.11. The van der Waals surface area contributed by atoms with Gasteiger partial charge in [-0.3, -0.25) is 4.79 Å². The molecule has 1 saturated heterocycles. The molecule has 9 heteroatoms. The maximum absolute atomic E-state index is 12.7. The summed E-state index contributed by atoms with van der Waals surface area (Å²) >= 11 is 14.8. The van der Waals surface area contributed by atoms with Gasteiger partial charge in [0.2, 0.25) is 0 Å². The highest BCUT2D eigenvalue weighted by Gasteiger charge is 2.24. The average Bonchev–Trinajstić information content (AvgIpc) is 3.31. The number of carbonyl (C=O) groups is 1. The van der Waals surface area contributed by atoms with Crippen LogP contribution in [0, 0.1) is 0 Å². The van der Waals surface area contributed by atoms with Gasteiger partial charge in [-0.05, 0) is 24.3 Å². The van der Waals surface area contributed by atoms with Gasteiger partial charge in [0.25, 0.3) is 5.91 Å². The lowest BCUT2D eigenvalue weighted by Crippen LogP contribution is -2.49. The minimum atomic E-state index is -0.0288. The van der Waals surface area contributed by atoms with Crippen molar-refractivity contribution in [3.05, 3.63) is 50.9 Å². The van der Waals surface area contributed by atoms with Gasteiger partial charge < -0.3 is 9.80 Å². The highest BCUT2D eigenvalue weighted by molar-refractivity contribution is 7.23. The summed E-state index contributed by atoms with van der Waals surface area (Å²) in [5.41, 5.74) is 0.493. The summed E-state index contributed by atoms with van der Waals surface area (Å²) in [5, 5.41) is 3.27. The Labute approximate surface area is 168 Å². The number of halogens is 2. The Balaban J connectivity index is 1.40. The molecule has 26 heavy (non-hydrogen) atoms. The van der Waals surface area contributed by atoms with E-state index in [2.05, 4.69) is 14.9 Å². The summed E-state index contributed by atoms with van der Waals surface area (Å²) < 4.78 is 0.718. The van der Waals surface area contributed by atoms with Gasteiger partial charge >= 0.3 is 0 Å². The van der Waals surface area contributed by atoms with Gasteiger partial charge in [0, 0.05) is 37.8 Å². The Hall–Kier alpha value is -1.67. The standard InChI is InChI=1S/C17H14Cl2N4OS2/c18-11-1-4-15(20-9-11)22-5-7-23(8-6-22)17(24)12-10-25-16(21-12)13-2-3-14(19)26-13/h1-4,9-10H,5-8H2. The quantitative estimate of drug-likeness (QED) is 0.619. The average molecular weight is 425 g/mol. The van der Waals surface area contributed by atoms with Crippen LogP contribution in [-0.2, 0) is 0 Å². The summed E-state index contributed by atoms with van der Waals surface area (Å²) in [6, 6.07) is 7.50. The predicted octanol–water partition coefficient (Wildman–Crippen LogP) is 4.54. The summed E-state index contributed by atoms with van der Waals surface area (Å²) in [6.45, 7) is 2.75. The van der Waals surface area contributed by atoms with Crippen molar-refractivity contribution in [1.82, 2.24) is 14.9 Å². The van der Waals surface area contributed by atoms with Crippen molar-refractivity contribution in [3.8, 4) is 9.88 Å². The Bertz CT molecular complexity index is 917. The molecule has 0 spiro atoms. The smallest absolute Gasteiger partial charge is 0.273 e. The first-order valence-corrected chi connectivity index (χ1v) is 10.4. The molecule has 0 bridgehead atoms. The van der Waals surface area contributed by atoms with Crippen molar-refractivity contribution in [2.24, 2.45) is 0 Å². The van der Waals surface area contributed by atoms with Gasteiger partial charge in [-0.15, -0.1) is 22.7 Å². The number of nitrogens with zero attached hydrogens (tertiary/aromatic N) is 4. The van der Waals surface area contributed by atoms with Crippen molar-refractivity contribution in [3.63, 3.8) is 0 Å². The fraction of sp³-hybridized carbons (Fsp3) is 0.235. The summed E-state index contributed by atoms with van der Waals surface area (Å²) in [5.74, 6) is 0.853. The molecule has 1 aliphatic heterocycles. The van der Waals surface area contributed by atoms with Crippen LogP contribution < -0.4 is 4.90 Å². The van der Waals surface area contributed by atoms with E-state index in [0.717, 1.165) is 33.1 Å². The number of thiazole rings is 1. The van der Waals surface area contributed by atoms with E-state index in [4.69, 9.17) is 23.2 Å². The molecule has 1 amide bonds. The highest BCUT2D eigenvalue weighted by Crippen LogP contribution is 2.33. The number of piperazine rings is 1. The zero-order chi connectivity index (χ0) is 18.1. The van der Waals surface area contributed by atoms with E-state index >= 15 is 0 Å². The molecule has 0 aliphatic carbocycles. The maximum Gasteiger partial charge on any atom is 0.273 e. The molecule has 3 aromatic heterocycles. The predicted molar refractivity (Wildman–Crippen MR) is 108 cm³/mol. The molecule has 0 aromatic carbocycles. The van der Waals surface area contributed by atoms with Crippen LogP contribution in [0.2, 0.25) is 9.36 Å². The number of carbonyl (C=O) groups excluding carboxylic acids is 1. The number of amides is 1. The molecule has 4 heterocycles. The molecule has 5 nitrogen and oxygen atoms in total. The van der Waals surface area contributed by atoms with Crippen molar-refractivity contribution >= 4 is 57.6 Å². The molecule has 134 valence electrons. The van der Waals surface area contributed by atoms with Crippen molar-refractivity contribution in [2.75, 3.05) is 31.1 Å². The second-order valence-corrected chi connectivity index (χ2v) is 8.77. The molecule has 0 saturated carbocycles. The molecule has 0 unspecified atom stereocenters. The number of rotatable bonds is 3. The topological polar surface area (TPSA) is 49.3 Å². The SMILES string of the molecule is O=C(c1csc(-c2ccc(Cl)s2)n1)N1CCN(c2ccc(Cl)cn2)CC1. The minimum Gasteiger partial charge on any atom is -0.353 e. The van der Waals surface area contributed by atoms with Crippen LogP contribution in [0.1, 0.15) is 10.5 Å². The third-order valence-corrected chi connectivity index (χ3v) is 6.58. The van der Waals surface area contributed by atoms with Crippen LogP contribution in [0.4, 0.5) is 5.82 Å². The summed E-state index contributed by atoms with van der Waals surface area (Å²) in [7, 11) is 0. The lowest BCUT2D eigenvalue weighted by atomic mass is 10.2. The zero-order valence-corrected chi connectivity index (χ0v) is 16.7. The first-order valence-electron chi connectivity index (χ1n) is 7.97. The largest absolute Gasteiger partial charge is 0.353 e. The van der Waals surface area contributed by atoms with E-state index in [9.17, 15) is 4.79 Å². The normalized spacial score (nSPS) is 14.7. The lowest BCUT2D eigenvalue weighted by Gasteiger charge is -2.35. The number of hydrogen-bond donors (Lipinski definition) is 0. The Kier molecular flexibility index (Phi) is 5.13. The molecular formula is C17H14Cl2N4OS2. The fourth-order valence-electron chi connectivity index (χ4n) is 2.77. The van der Waals surface area contributed by atoms with Gasteiger partial charge in [-0.25, -0.2) is 9.97 Å². The molecular weight excluding hydrogens is 411 g/mol. The van der Waals surface area contributed by atoms with Crippen LogP contribution in [-0.4, -0.2) is 47.0 Å². The lowest BCUT2D eigenvalue weighted by molar-refractivity contribution is 0.0741. The number of aromatic nitrogens is 2. The Morgan fingerprint density at radius 1 is 1.08 bits per heavy atom. The van der Waals surface area contributed by atoms with Crippen LogP contribution in [0.3, 0.4) is 0 Å². The number of pyridine rings is 1. The van der Waals surface area contributed by atoms with E-state index < -0.39 is 0 Å². The molecule has 3 aromatic rings. The van der Waals surface area contributed by atoms with E-state index in [-0.39, 0.29) is 5.91 Å². The van der Waals surface area contributed by atoms with E-state index in [0.29, 0.717) is 23.8 Å². The summed E-state index contributed by atoms with van der Waals surface area (Å²) in [4.78, 5) is 26.5. The van der Waals surface area contributed by atoms with E-state index in [1.807, 2.05) is 34.5 Å². The second kappa shape index (κ2) is 7.52. The van der Waals surface area contributed by atoms with Crippen LogP contribution in [0.5, 0.6) is 0 Å². The molecule has 1 aliphatic rings. The number of hydrogen-bond acceptors (Lipinski definition) is 6. The Morgan fingerprint density at radius 3 is 2.54 bits per heavy atom. The summed E-state index contributed by atoms with van der Waals surface area (Å²) in [6.07, 6.45) is 1.64. The third kappa shape index (κ3) is 3.71.